The van der Waals surface area contributed by atoms with Crippen LogP contribution in [0.25, 0.3) is 6.20 Å². The summed E-state index contributed by atoms with van der Waals surface area (Å²) in [5, 5.41) is 0. The summed E-state index contributed by atoms with van der Waals surface area (Å²) in [6.45, 7) is 5.32. The summed E-state index contributed by atoms with van der Waals surface area (Å²) in [4.78, 5) is 18.1. The minimum atomic E-state index is -0.303. The number of benzene rings is 1. The second kappa shape index (κ2) is 8.27. The molecule has 1 amide bonds. The third-order valence-corrected chi connectivity index (χ3v) is 4.64. The highest BCUT2D eigenvalue weighted by atomic mass is 19.1. The molecule has 0 N–H and O–H groups in total. The van der Waals surface area contributed by atoms with Crippen molar-refractivity contribution in [3.63, 3.8) is 0 Å². The first-order valence-electron chi connectivity index (χ1n) is 8.86. The van der Waals surface area contributed by atoms with Crippen molar-refractivity contribution in [1.82, 2.24) is 14.5 Å². The van der Waals surface area contributed by atoms with E-state index in [-0.39, 0.29) is 11.7 Å². The zero-order valence-electron chi connectivity index (χ0n) is 15.2. The molecule has 1 aliphatic heterocycles. The first-order valence-corrected chi connectivity index (χ1v) is 8.86. The molecule has 1 fully saturated rings. The lowest BCUT2D eigenvalue weighted by atomic mass is 9.99. The topological polar surface area (TPSA) is 47.4 Å². The minimum Gasteiger partial charge on any atom is -0.381 e. The van der Waals surface area contributed by atoms with Crippen LogP contribution in [0.15, 0.2) is 36.7 Å². The van der Waals surface area contributed by atoms with Gasteiger partial charge in [-0.25, -0.2) is 9.37 Å². The van der Waals surface area contributed by atoms with Gasteiger partial charge in [-0.15, -0.1) is 0 Å². The maximum absolute atomic E-state index is 13.4. The highest BCUT2D eigenvalue weighted by molar-refractivity contribution is 5.74. The Balaban J connectivity index is 1.80. The summed E-state index contributed by atoms with van der Waals surface area (Å²) in [5.41, 5.74) is 1.76. The fraction of sp³-hybridized carbons (Fsp3) is 0.400. The van der Waals surface area contributed by atoms with E-state index in [0.29, 0.717) is 12.5 Å². The molecular formula is C20H24FN3O2. The molecule has 1 aromatic carbocycles. The molecule has 2 heterocycles. The molecule has 2 aromatic rings. The van der Waals surface area contributed by atoms with Gasteiger partial charge in [0, 0.05) is 50.3 Å². The SMILES string of the molecule is CC(=O)N(/C=C\n1c(C)cnc1C1CCOCC1)Cc1cccc(F)c1. The van der Waals surface area contributed by atoms with Gasteiger partial charge in [0.15, 0.2) is 0 Å². The quantitative estimate of drug-likeness (QED) is 0.820. The molecule has 1 aromatic heterocycles. The third-order valence-electron chi connectivity index (χ3n) is 4.64. The number of carbonyl (C=O) groups is 1. The molecule has 0 spiro atoms. The van der Waals surface area contributed by atoms with Crippen LogP contribution in [0, 0.1) is 12.7 Å². The number of halogens is 1. The predicted octanol–water partition coefficient (Wildman–Crippen LogP) is 3.70. The van der Waals surface area contributed by atoms with E-state index in [9.17, 15) is 9.18 Å². The molecule has 0 unspecified atom stereocenters. The number of carbonyl (C=O) groups excluding carboxylic acids is 1. The lowest BCUT2D eigenvalue weighted by molar-refractivity contribution is -0.126. The van der Waals surface area contributed by atoms with Gasteiger partial charge in [-0.3, -0.25) is 4.79 Å². The average Bonchev–Trinajstić information content (AvgIpc) is 3.00. The molecule has 0 bridgehead atoms. The second-order valence-electron chi connectivity index (χ2n) is 6.59. The Morgan fingerprint density at radius 2 is 2.19 bits per heavy atom. The number of hydrogen-bond acceptors (Lipinski definition) is 3. The molecule has 0 radical (unpaired) electrons. The van der Waals surface area contributed by atoms with Gasteiger partial charge in [-0.2, -0.15) is 0 Å². The van der Waals surface area contributed by atoms with Gasteiger partial charge in [0.05, 0.1) is 6.54 Å². The highest BCUT2D eigenvalue weighted by Crippen LogP contribution is 2.26. The van der Waals surface area contributed by atoms with Crippen molar-refractivity contribution >= 4 is 12.1 Å². The number of rotatable bonds is 5. The van der Waals surface area contributed by atoms with Crippen LogP contribution in [0.3, 0.4) is 0 Å². The van der Waals surface area contributed by atoms with Crippen LogP contribution in [-0.4, -0.2) is 33.6 Å². The van der Waals surface area contributed by atoms with E-state index >= 15 is 0 Å². The number of nitrogens with zero attached hydrogens (tertiary/aromatic N) is 3. The lowest BCUT2D eigenvalue weighted by Gasteiger charge is -2.22. The van der Waals surface area contributed by atoms with Gasteiger partial charge in [-0.1, -0.05) is 12.1 Å². The Labute approximate surface area is 153 Å². The summed E-state index contributed by atoms with van der Waals surface area (Å²) >= 11 is 0. The molecule has 0 aliphatic carbocycles. The van der Waals surface area contributed by atoms with E-state index in [0.717, 1.165) is 43.1 Å². The average molecular weight is 357 g/mol. The number of ether oxygens (including phenoxy) is 1. The predicted molar refractivity (Wildman–Crippen MR) is 97.7 cm³/mol. The highest BCUT2D eigenvalue weighted by Gasteiger charge is 2.21. The van der Waals surface area contributed by atoms with E-state index in [1.807, 2.05) is 30.0 Å². The van der Waals surface area contributed by atoms with Crippen LogP contribution >= 0.6 is 0 Å². The van der Waals surface area contributed by atoms with Gasteiger partial charge < -0.3 is 14.2 Å². The van der Waals surface area contributed by atoms with Gasteiger partial charge >= 0.3 is 0 Å². The monoisotopic (exact) mass is 357 g/mol. The van der Waals surface area contributed by atoms with Gasteiger partial charge in [0.2, 0.25) is 5.91 Å². The molecule has 3 rings (SSSR count). The van der Waals surface area contributed by atoms with E-state index in [1.54, 1.807) is 17.2 Å². The largest absolute Gasteiger partial charge is 0.381 e. The van der Waals surface area contributed by atoms with Crippen molar-refractivity contribution in [3.8, 4) is 0 Å². The fourth-order valence-corrected chi connectivity index (χ4v) is 3.16. The van der Waals surface area contributed by atoms with E-state index in [4.69, 9.17) is 4.74 Å². The molecule has 1 aliphatic rings. The van der Waals surface area contributed by atoms with Crippen molar-refractivity contribution in [2.45, 2.75) is 39.2 Å². The maximum atomic E-state index is 13.4. The molecule has 6 heteroatoms. The van der Waals surface area contributed by atoms with E-state index in [1.165, 1.54) is 19.1 Å². The van der Waals surface area contributed by atoms with Crippen LogP contribution in [0.5, 0.6) is 0 Å². The summed E-state index contributed by atoms with van der Waals surface area (Å²) in [5.74, 6) is 0.950. The Morgan fingerprint density at radius 1 is 1.42 bits per heavy atom. The number of aryl methyl sites for hydroxylation is 1. The lowest BCUT2D eigenvalue weighted by Crippen LogP contribution is -2.23. The van der Waals surface area contributed by atoms with Gasteiger partial charge in [-0.05, 0) is 37.5 Å². The first-order chi connectivity index (χ1) is 12.5. The summed E-state index contributed by atoms with van der Waals surface area (Å²) in [6.07, 6.45) is 7.35. The summed E-state index contributed by atoms with van der Waals surface area (Å²) < 4.78 is 20.9. The number of hydrogen-bond donors (Lipinski definition) is 0. The van der Waals surface area contributed by atoms with Crippen molar-refractivity contribution in [3.05, 3.63) is 59.6 Å². The zero-order valence-corrected chi connectivity index (χ0v) is 15.2. The van der Waals surface area contributed by atoms with Crippen LogP contribution in [0.4, 0.5) is 4.39 Å². The van der Waals surface area contributed by atoms with Crippen molar-refractivity contribution in [2.75, 3.05) is 13.2 Å². The van der Waals surface area contributed by atoms with Crippen molar-refractivity contribution in [2.24, 2.45) is 0 Å². The number of amides is 1. The van der Waals surface area contributed by atoms with Crippen molar-refractivity contribution < 1.29 is 13.9 Å². The first kappa shape index (κ1) is 18.3. The smallest absolute Gasteiger partial charge is 0.223 e. The van der Waals surface area contributed by atoms with E-state index < -0.39 is 0 Å². The molecular weight excluding hydrogens is 333 g/mol. The minimum absolute atomic E-state index is 0.101. The van der Waals surface area contributed by atoms with Crippen molar-refractivity contribution in [1.29, 1.82) is 0 Å². The zero-order chi connectivity index (χ0) is 18.5. The van der Waals surface area contributed by atoms with Gasteiger partial charge in [0.25, 0.3) is 0 Å². The molecule has 0 atom stereocenters. The second-order valence-corrected chi connectivity index (χ2v) is 6.59. The number of aromatic nitrogens is 2. The molecule has 0 saturated carbocycles. The Kier molecular flexibility index (Phi) is 5.83. The fourth-order valence-electron chi connectivity index (χ4n) is 3.16. The van der Waals surface area contributed by atoms with Gasteiger partial charge in [0.1, 0.15) is 11.6 Å². The Hall–Kier alpha value is -2.47. The Bertz CT molecular complexity index is 794. The molecule has 26 heavy (non-hydrogen) atoms. The molecule has 5 nitrogen and oxygen atoms in total. The van der Waals surface area contributed by atoms with Crippen LogP contribution < -0.4 is 0 Å². The normalized spacial score (nSPS) is 15.5. The van der Waals surface area contributed by atoms with Crippen LogP contribution in [-0.2, 0) is 16.1 Å². The van der Waals surface area contributed by atoms with Crippen LogP contribution in [0.2, 0.25) is 0 Å². The third kappa shape index (κ3) is 4.38. The maximum Gasteiger partial charge on any atom is 0.223 e. The molecule has 138 valence electrons. The summed E-state index contributed by atoms with van der Waals surface area (Å²) in [7, 11) is 0. The van der Waals surface area contributed by atoms with E-state index in [2.05, 4.69) is 4.98 Å². The summed E-state index contributed by atoms with van der Waals surface area (Å²) in [6, 6.07) is 6.30. The Morgan fingerprint density at radius 3 is 2.88 bits per heavy atom. The standard InChI is InChI=1S/C20H24FN3O2/c1-15-13-22-20(18-6-10-26-11-7-18)24(15)9-8-23(16(2)25)14-17-4-3-5-19(21)12-17/h3-5,8-9,12-13,18H,6-7,10-11,14H2,1-2H3/b9-8-. The number of imidazole rings is 1. The van der Waals surface area contributed by atoms with Crippen LogP contribution in [0.1, 0.15) is 42.8 Å². The molecule has 1 saturated heterocycles.